The predicted molar refractivity (Wildman–Crippen MR) is 141 cm³/mol. The lowest BCUT2D eigenvalue weighted by atomic mass is 9.88. The van der Waals surface area contributed by atoms with E-state index >= 15 is 0 Å². The number of fused-ring (bicyclic) bond motifs is 5. The van der Waals surface area contributed by atoms with Gasteiger partial charge in [-0.25, -0.2) is 0 Å². The van der Waals surface area contributed by atoms with Crippen molar-refractivity contribution in [1.82, 2.24) is 4.98 Å². The summed E-state index contributed by atoms with van der Waals surface area (Å²) in [6.45, 7) is 4.55. The molecule has 0 spiro atoms. The van der Waals surface area contributed by atoms with Gasteiger partial charge in [-0.2, -0.15) is 0 Å². The van der Waals surface area contributed by atoms with Crippen LogP contribution in [0.5, 0.6) is 0 Å². The molecule has 4 aromatic carbocycles. The van der Waals surface area contributed by atoms with E-state index in [0.29, 0.717) is 0 Å². The van der Waals surface area contributed by atoms with E-state index in [1.807, 2.05) is 18.0 Å². The Morgan fingerprint density at radius 3 is 2.45 bits per heavy atom. The first kappa shape index (κ1) is 19.6. The predicted octanol–water partition coefficient (Wildman–Crippen LogP) is 9.02. The van der Waals surface area contributed by atoms with Crippen LogP contribution in [-0.4, -0.2) is 4.98 Å². The lowest BCUT2D eigenvalue weighted by molar-refractivity contribution is 0.548. The molecule has 33 heavy (non-hydrogen) atoms. The number of hydrogen-bond acceptors (Lipinski definition) is 2. The van der Waals surface area contributed by atoms with E-state index in [2.05, 4.69) is 68.4 Å². The first-order valence-electron chi connectivity index (χ1n) is 12.2. The van der Waals surface area contributed by atoms with E-state index in [1.165, 1.54) is 102 Å². The van der Waals surface area contributed by atoms with Gasteiger partial charge in [-0.1, -0.05) is 79.9 Å². The Kier molecular flexibility index (Phi) is 4.36. The molecule has 1 saturated carbocycles. The third-order valence-electron chi connectivity index (χ3n) is 8.05. The van der Waals surface area contributed by atoms with E-state index in [4.69, 9.17) is 4.98 Å². The van der Waals surface area contributed by atoms with Gasteiger partial charge in [-0.05, 0) is 81.9 Å². The van der Waals surface area contributed by atoms with Crippen molar-refractivity contribution in [2.45, 2.75) is 55.7 Å². The molecular weight excluding hydrogens is 418 g/mol. The fraction of sp³-hybridized carbons (Fsp3) is 0.258. The van der Waals surface area contributed by atoms with Crippen LogP contribution in [0.15, 0.2) is 70.6 Å². The Balaban J connectivity index is 1.56. The van der Waals surface area contributed by atoms with Crippen molar-refractivity contribution < 1.29 is 0 Å². The summed E-state index contributed by atoms with van der Waals surface area (Å²) >= 11 is 1.94. The van der Waals surface area contributed by atoms with Crippen LogP contribution in [0.25, 0.3) is 43.6 Å². The van der Waals surface area contributed by atoms with Crippen LogP contribution < -0.4 is 0 Å². The Hall–Kier alpha value is -2.84. The van der Waals surface area contributed by atoms with E-state index in [-0.39, 0.29) is 0 Å². The third kappa shape index (κ3) is 2.83. The molecule has 0 atom stereocenters. The highest BCUT2D eigenvalue weighted by molar-refractivity contribution is 8.00. The summed E-state index contributed by atoms with van der Waals surface area (Å²) in [6.07, 6.45) is 8.80. The van der Waals surface area contributed by atoms with Crippen molar-refractivity contribution >= 4 is 44.1 Å². The molecule has 0 radical (unpaired) electrons. The fourth-order valence-electron chi connectivity index (χ4n) is 6.44. The van der Waals surface area contributed by atoms with Gasteiger partial charge in [0.1, 0.15) is 0 Å². The highest BCUT2D eigenvalue weighted by Gasteiger charge is 2.27. The molecule has 1 nitrogen and oxygen atoms in total. The van der Waals surface area contributed by atoms with Crippen LogP contribution in [0, 0.1) is 19.8 Å². The van der Waals surface area contributed by atoms with Gasteiger partial charge in [-0.3, -0.25) is 4.98 Å². The number of pyridine rings is 1. The Morgan fingerprint density at radius 2 is 1.64 bits per heavy atom. The summed E-state index contributed by atoms with van der Waals surface area (Å²) in [6, 6.07) is 20.5. The maximum absolute atomic E-state index is 5.01. The Bertz CT molecular complexity index is 1590. The number of rotatable bonds is 2. The van der Waals surface area contributed by atoms with Crippen molar-refractivity contribution in [2.24, 2.45) is 5.92 Å². The fourth-order valence-corrected chi connectivity index (χ4v) is 7.77. The lowest BCUT2D eigenvalue weighted by Crippen LogP contribution is -2.03. The van der Waals surface area contributed by atoms with E-state index in [0.717, 1.165) is 5.92 Å². The maximum atomic E-state index is 5.01. The largest absolute Gasteiger partial charge is 0.255 e. The van der Waals surface area contributed by atoms with Gasteiger partial charge in [0.2, 0.25) is 0 Å². The second kappa shape index (κ2) is 7.33. The molecule has 1 aliphatic carbocycles. The summed E-state index contributed by atoms with van der Waals surface area (Å²) in [5.74, 6) is 0.839. The number of hydrogen-bond donors (Lipinski definition) is 0. The minimum absolute atomic E-state index is 0.839. The monoisotopic (exact) mass is 445 g/mol. The summed E-state index contributed by atoms with van der Waals surface area (Å²) in [4.78, 5) is 7.74. The smallest absolute Gasteiger partial charge is 0.0806 e. The van der Waals surface area contributed by atoms with Gasteiger partial charge < -0.3 is 0 Å². The molecule has 1 aliphatic heterocycles. The zero-order chi connectivity index (χ0) is 22.1. The molecular formula is C31H27NS. The molecule has 162 valence electrons. The van der Waals surface area contributed by atoms with E-state index in [9.17, 15) is 0 Å². The quantitative estimate of drug-likeness (QED) is 0.247. The van der Waals surface area contributed by atoms with Crippen LogP contribution in [0.1, 0.15) is 42.4 Å². The molecule has 1 fully saturated rings. The van der Waals surface area contributed by atoms with Crippen LogP contribution in [0.4, 0.5) is 0 Å². The van der Waals surface area contributed by atoms with E-state index in [1.54, 1.807) is 0 Å². The molecule has 0 unspecified atom stereocenters. The van der Waals surface area contributed by atoms with Crippen LogP contribution in [0.3, 0.4) is 0 Å². The molecule has 0 saturated heterocycles. The van der Waals surface area contributed by atoms with Crippen molar-refractivity contribution in [2.75, 3.05) is 0 Å². The number of nitrogens with zero attached hydrogens (tertiary/aromatic N) is 1. The van der Waals surface area contributed by atoms with Gasteiger partial charge in [0.15, 0.2) is 0 Å². The summed E-state index contributed by atoms with van der Waals surface area (Å²) in [7, 11) is 0. The van der Waals surface area contributed by atoms with Crippen molar-refractivity contribution in [1.29, 1.82) is 0 Å². The van der Waals surface area contributed by atoms with Gasteiger partial charge in [0.05, 0.1) is 5.69 Å². The lowest BCUT2D eigenvalue weighted by Gasteiger charge is -2.26. The van der Waals surface area contributed by atoms with Gasteiger partial charge in [0, 0.05) is 26.9 Å². The second-order valence-electron chi connectivity index (χ2n) is 9.93. The van der Waals surface area contributed by atoms with Crippen LogP contribution in [-0.2, 0) is 6.42 Å². The summed E-state index contributed by atoms with van der Waals surface area (Å²) in [5, 5.41) is 8.25. The number of benzene rings is 4. The first-order chi connectivity index (χ1) is 16.2. The van der Waals surface area contributed by atoms with Gasteiger partial charge >= 0.3 is 0 Å². The summed E-state index contributed by atoms with van der Waals surface area (Å²) < 4.78 is 0. The molecule has 7 rings (SSSR count). The molecule has 1 aromatic heterocycles. The topological polar surface area (TPSA) is 12.9 Å². The zero-order valence-electron chi connectivity index (χ0n) is 19.2. The first-order valence-corrected chi connectivity index (χ1v) is 13.1. The van der Waals surface area contributed by atoms with Gasteiger partial charge in [-0.15, -0.1) is 0 Å². The average Bonchev–Trinajstić information content (AvgIpc) is 3.36. The SMILES string of the molecule is Cc1c2c(c(C)c3ccccc13)-c1nccc3c1c(cc1cccc(CC4CCCC4)c13)S2. The van der Waals surface area contributed by atoms with Crippen LogP contribution in [0.2, 0.25) is 0 Å². The van der Waals surface area contributed by atoms with Crippen molar-refractivity contribution in [3.05, 3.63) is 77.5 Å². The molecule has 2 aliphatic rings. The zero-order valence-corrected chi connectivity index (χ0v) is 20.1. The average molecular weight is 446 g/mol. The van der Waals surface area contributed by atoms with Gasteiger partial charge in [0.25, 0.3) is 0 Å². The standard InChI is InChI=1S/C31H27NS/c1-18-23-12-5-6-13-24(23)19(2)31-27(18)30-29-25(14-15-32-30)28-21(16-20-8-3-4-9-20)10-7-11-22(28)17-26(29)33-31/h5-7,10-15,17,20H,3-4,8-9,16H2,1-2H3. The highest BCUT2D eigenvalue weighted by atomic mass is 32.2. The molecule has 0 N–H and O–H groups in total. The Morgan fingerprint density at radius 1 is 0.848 bits per heavy atom. The van der Waals surface area contributed by atoms with Crippen molar-refractivity contribution in [3.8, 4) is 11.3 Å². The molecule has 2 heteroatoms. The molecule has 2 heterocycles. The molecule has 5 aromatic rings. The molecule has 0 bridgehead atoms. The highest BCUT2D eigenvalue weighted by Crippen LogP contribution is 2.53. The molecule has 0 amide bonds. The van der Waals surface area contributed by atoms with Crippen molar-refractivity contribution in [3.63, 3.8) is 0 Å². The minimum Gasteiger partial charge on any atom is -0.255 e. The third-order valence-corrected chi connectivity index (χ3v) is 9.30. The minimum atomic E-state index is 0.839. The van der Waals surface area contributed by atoms with Crippen LogP contribution >= 0.6 is 11.8 Å². The normalized spacial score (nSPS) is 15.6. The van der Waals surface area contributed by atoms with E-state index < -0.39 is 0 Å². The second-order valence-corrected chi connectivity index (χ2v) is 11.0. The maximum Gasteiger partial charge on any atom is 0.0806 e. The number of aromatic nitrogens is 1. The Labute approximate surface area is 199 Å². The number of aryl methyl sites for hydroxylation is 2. The summed E-state index contributed by atoms with van der Waals surface area (Å²) in [5.41, 5.74) is 6.74.